The molecule has 0 spiro atoms. The van der Waals surface area contributed by atoms with Crippen LogP contribution in [0.4, 0.5) is 15.8 Å². The maximum absolute atomic E-state index is 13.7. The first-order chi connectivity index (χ1) is 9.88. The van der Waals surface area contributed by atoms with Crippen molar-refractivity contribution in [2.45, 2.75) is 0 Å². The number of benzene rings is 2. The van der Waals surface area contributed by atoms with Crippen LogP contribution in [0.25, 0.3) is 0 Å². The van der Waals surface area contributed by atoms with Gasteiger partial charge in [0.15, 0.2) is 0 Å². The number of hydrogen-bond acceptors (Lipinski definition) is 3. The topological polar surface area (TPSA) is 92.4 Å². The zero-order valence-electron chi connectivity index (χ0n) is 10.6. The van der Waals surface area contributed by atoms with Gasteiger partial charge in [-0.25, -0.2) is 9.18 Å². The number of nitrogens with two attached hydrogens (primary N) is 1. The lowest BCUT2D eigenvalue weighted by atomic mass is 10.1. The van der Waals surface area contributed by atoms with Gasteiger partial charge in [0.1, 0.15) is 5.82 Å². The van der Waals surface area contributed by atoms with Gasteiger partial charge in [-0.2, -0.15) is 0 Å². The average molecular weight is 309 g/mol. The third kappa shape index (κ3) is 3.29. The Morgan fingerprint density at radius 2 is 1.81 bits per heavy atom. The molecule has 0 heterocycles. The molecule has 0 aliphatic carbocycles. The van der Waals surface area contributed by atoms with Crippen LogP contribution < -0.4 is 11.1 Å². The van der Waals surface area contributed by atoms with Crippen molar-refractivity contribution < 1.29 is 19.1 Å². The van der Waals surface area contributed by atoms with Crippen molar-refractivity contribution in [3.8, 4) is 0 Å². The summed E-state index contributed by atoms with van der Waals surface area (Å²) >= 11 is 5.60. The molecular formula is C14H10ClFN2O3. The van der Waals surface area contributed by atoms with Crippen LogP contribution >= 0.6 is 11.6 Å². The van der Waals surface area contributed by atoms with E-state index in [2.05, 4.69) is 5.32 Å². The SMILES string of the molecule is Nc1ccc(C(=O)O)c(NC(=O)c2ccc(Cl)cc2F)c1. The van der Waals surface area contributed by atoms with Gasteiger partial charge < -0.3 is 16.2 Å². The first kappa shape index (κ1) is 14.8. The Hall–Kier alpha value is -2.60. The molecular weight excluding hydrogens is 299 g/mol. The van der Waals surface area contributed by atoms with Crippen LogP contribution in [0.3, 0.4) is 0 Å². The van der Waals surface area contributed by atoms with Crippen molar-refractivity contribution in [3.63, 3.8) is 0 Å². The highest BCUT2D eigenvalue weighted by Crippen LogP contribution is 2.21. The quantitative estimate of drug-likeness (QED) is 0.760. The van der Waals surface area contributed by atoms with Crippen LogP contribution in [0, 0.1) is 5.82 Å². The number of carboxylic acids is 1. The number of anilines is 2. The summed E-state index contributed by atoms with van der Waals surface area (Å²) in [5, 5.41) is 11.5. The lowest BCUT2D eigenvalue weighted by Gasteiger charge is -2.10. The minimum atomic E-state index is -1.23. The summed E-state index contributed by atoms with van der Waals surface area (Å²) in [7, 11) is 0. The van der Waals surface area contributed by atoms with Crippen molar-refractivity contribution in [2.24, 2.45) is 0 Å². The molecule has 0 fully saturated rings. The summed E-state index contributed by atoms with van der Waals surface area (Å²) in [6.07, 6.45) is 0. The number of hydrogen-bond donors (Lipinski definition) is 3. The van der Waals surface area contributed by atoms with Crippen LogP contribution in [0.1, 0.15) is 20.7 Å². The van der Waals surface area contributed by atoms with E-state index in [1.807, 2.05) is 0 Å². The summed E-state index contributed by atoms with van der Waals surface area (Å²) in [5.41, 5.74) is 5.42. The molecule has 2 aromatic carbocycles. The van der Waals surface area contributed by atoms with E-state index in [1.165, 1.54) is 30.3 Å². The third-order valence-electron chi connectivity index (χ3n) is 2.70. The number of amides is 1. The molecule has 0 saturated heterocycles. The van der Waals surface area contributed by atoms with Crippen molar-refractivity contribution in [3.05, 3.63) is 58.4 Å². The van der Waals surface area contributed by atoms with Crippen LogP contribution in [0.5, 0.6) is 0 Å². The number of nitrogen functional groups attached to an aromatic ring is 1. The third-order valence-corrected chi connectivity index (χ3v) is 2.93. The molecule has 0 aliphatic heterocycles. The van der Waals surface area contributed by atoms with E-state index < -0.39 is 17.7 Å². The number of nitrogens with one attached hydrogen (secondary N) is 1. The number of rotatable bonds is 3. The van der Waals surface area contributed by atoms with E-state index >= 15 is 0 Å². The fourth-order valence-corrected chi connectivity index (χ4v) is 1.87. The molecule has 2 aromatic rings. The fourth-order valence-electron chi connectivity index (χ4n) is 1.72. The lowest BCUT2D eigenvalue weighted by molar-refractivity contribution is 0.0698. The molecule has 0 radical (unpaired) electrons. The number of aromatic carboxylic acids is 1. The molecule has 0 bridgehead atoms. The van der Waals surface area contributed by atoms with Gasteiger partial charge in [0, 0.05) is 10.7 Å². The summed E-state index contributed by atoms with van der Waals surface area (Å²) in [4.78, 5) is 23.1. The van der Waals surface area contributed by atoms with Crippen molar-refractivity contribution in [2.75, 3.05) is 11.1 Å². The Kier molecular flexibility index (Phi) is 4.09. The summed E-state index contributed by atoms with van der Waals surface area (Å²) < 4.78 is 13.7. The molecule has 0 atom stereocenters. The van der Waals surface area contributed by atoms with Gasteiger partial charge in [-0.15, -0.1) is 0 Å². The number of carbonyl (C=O) groups is 2. The number of carboxylic acid groups (broad SMARTS) is 1. The van der Waals surface area contributed by atoms with Crippen molar-refractivity contribution >= 4 is 34.9 Å². The fraction of sp³-hybridized carbons (Fsp3) is 0. The van der Waals surface area contributed by atoms with Crippen LogP contribution in [-0.2, 0) is 0 Å². The smallest absolute Gasteiger partial charge is 0.337 e. The Morgan fingerprint density at radius 3 is 2.43 bits per heavy atom. The minimum absolute atomic E-state index is 0.0122. The molecule has 0 saturated carbocycles. The molecule has 0 aromatic heterocycles. The van der Waals surface area contributed by atoms with Crippen molar-refractivity contribution in [1.82, 2.24) is 0 Å². The summed E-state index contributed by atoms with van der Waals surface area (Å²) in [6.45, 7) is 0. The monoisotopic (exact) mass is 308 g/mol. The maximum Gasteiger partial charge on any atom is 0.337 e. The predicted octanol–water partition coefficient (Wildman–Crippen LogP) is 3.01. The minimum Gasteiger partial charge on any atom is -0.478 e. The molecule has 1 amide bonds. The molecule has 5 nitrogen and oxygen atoms in total. The number of halogens is 2. The largest absolute Gasteiger partial charge is 0.478 e. The van der Waals surface area contributed by atoms with Gasteiger partial charge in [0.05, 0.1) is 16.8 Å². The van der Waals surface area contributed by atoms with Gasteiger partial charge in [-0.1, -0.05) is 11.6 Å². The van der Waals surface area contributed by atoms with E-state index in [0.29, 0.717) is 0 Å². The van der Waals surface area contributed by atoms with Gasteiger partial charge in [0.2, 0.25) is 0 Å². The first-order valence-electron chi connectivity index (χ1n) is 5.77. The first-order valence-corrected chi connectivity index (χ1v) is 6.15. The predicted molar refractivity (Wildman–Crippen MR) is 77.2 cm³/mol. The van der Waals surface area contributed by atoms with Gasteiger partial charge >= 0.3 is 5.97 Å². The van der Waals surface area contributed by atoms with Gasteiger partial charge in [-0.3, -0.25) is 4.79 Å². The Labute approximate surface area is 124 Å². The van der Waals surface area contributed by atoms with Gasteiger partial charge in [0.25, 0.3) is 5.91 Å². The molecule has 0 unspecified atom stereocenters. The zero-order chi connectivity index (χ0) is 15.6. The standard InChI is InChI=1S/C14H10ClFN2O3/c15-7-1-3-9(11(16)5-7)13(19)18-12-6-8(17)2-4-10(12)14(20)21/h1-6H,17H2,(H,18,19)(H,20,21). The van der Waals surface area contributed by atoms with E-state index in [-0.39, 0.29) is 27.5 Å². The molecule has 108 valence electrons. The Morgan fingerprint density at radius 1 is 1.14 bits per heavy atom. The second kappa shape index (κ2) is 5.80. The zero-order valence-corrected chi connectivity index (χ0v) is 11.3. The van der Waals surface area contributed by atoms with Crippen LogP contribution in [0.2, 0.25) is 5.02 Å². The molecule has 7 heteroatoms. The molecule has 2 rings (SSSR count). The lowest BCUT2D eigenvalue weighted by Crippen LogP contribution is -2.16. The van der Waals surface area contributed by atoms with Crippen molar-refractivity contribution in [1.29, 1.82) is 0 Å². The summed E-state index contributed by atoms with van der Waals surface area (Å²) in [6, 6.07) is 7.49. The second-order valence-corrected chi connectivity index (χ2v) is 4.62. The van der Waals surface area contributed by atoms with E-state index in [1.54, 1.807) is 0 Å². The second-order valence-electron chi connectivity index (χ2n) is 4.19. The maximum atomic E-state index is 13.7. The highest BCUT2D eigenvalue weighted by molar-refractivity contribution is 6.30. The highest BCUT2D eigenvalue weighted by Gasteiger charge is 2.16. The van der Waals surface area contributed by atoms with E-state index in [9.17, 15) is 14.0 Å². The van der Waals surface area contributed by atoms with Gasteiger partial charge in [-0.05, 0) is 36.4 Å². The van der Waals surface area contributed by atoms with Crippen LogP contribution in [-0.4, -0.2) is 17.0 Å². The molecule has 0 aliphatic rings. The Balaban J connectivity index is 2.35. The normalized spacial score (nSPS) is 10.2. The summed E-state index contributed by atoms with van der Waals surface area (Å²) in [5.74, 6) is -2.83. The van der Waals surface area contributed by atoms with E-state index in [0.717, 1.165) is 6.07 Å². The molecule has 4 N–H and O–H groups in total. The molecule has 21 heavy (non-hydrogen) atoms. The Bertz CT molecular complexity index is 734. The highest BCUT2D eigenvalue weighted by atomic mass is 35.5. The van der Waals surface area contributed by atoms with E-state index in [4.69, 9.17) is 22.4 Å². The average Bonchev–Trinajstić information content (AvgIpc) is 2.37. The number of carbonyl (C=O) groups excluding carboxylic acids is 1. The van der Waals surface area contributed by atoms with Crippen LogP contribution in [0.15, 0.2) is 36.4 Å².